The lowest BCUT2D eigenvalue weighted by Crippen LogP contribution is -2.13. The van der Waals surface area contributed by atoms with Crippen molar-refractivity contribution in [2.75, 3.05) is 0 Å². The van der Waals surface area contributed by atoms with Crippen molar-refractivity contribution in [3.05, 3.63) is 29.6 Å². The van der Waals surface area contributed by atoms with Crippen LogP contribution in [-0.4, -0.2) is 19.5 Å². The fourth-order valence-corrected chi connectivity index (χ4v) is 1.54. The van der Waals surface area contributed by atoms with Crippen LogP contribution in [0, 0.1) is 5.82 Å². The molecule has 82 valence electrons. The Kier molecular flexibility index (Phi) is 3.06. The highest BCUT2D eigenvalue weighted by molar-refractivity contribution is 7.89. The molecule has 3 N–H and O–H groups in total. The molecule has 0 aliphatic rings. The minimum atomic E-state index is -3.96. The molecule has 1 rings (SSSR count). The first-order valence-corrected chi connectivity index (χ1v) is 5.38. The Morgan fingerprint density at radius 3 is 2.47 bits per heavy atom. The molecule has 7 heteroatoms. The summed E-state index contributed by atoms with van der Waals surface area (Å²) in [5.41, 5.74) is -0.0881. The van der Waals surface area contributed by atoms with Gasteiger partial charge in [0, 0.05) is 0 Å². The molecule has 0 aliphatic heterocycles. The van der Waals surface area contributed by atoms with E-state index in [0.717, 1.165) is 12.1 Å². The molecular formula is C8H8FNO4S. The summed E-state index contributed by atoms with van der Waals surface area (Å²) in [6.45, 7) is 0. The van der Waals surface area contributed by atoms with Crippen LogP contribution in [0.3, 0.4) is 0 Å². The third kappa shape index (κ3) is 3.00. The van der Waals surface area contributed by atoms with Crippen LogP contribution >= 0.6 is 0 Å². The Balaban J connectivity index is 3.15. The number of halogens is 1. The van der Waals surface area contributed by atoms with Crippen molar-refractivity contribution in [3.63, 3.8) is 0 Å². The number of primary sulfonamides is 1. The number of rotatable bonds is 3. The second-order valence-corrected chi connectivity index (χ2v) is 4.43. The zero-order valence-corrected chi connectivity index (χ0v) is 8.29. The fourth-order valence-electron chi connectivity index (χ4n) is 1.01. The highest BCUT2D eigenvalue weighted by Gasteiger charge is 2.12. The first kappa shape index (κ1) is 11.6. The summed E-state index contributed by atoms with van der Waals surface area (Å²) in [6.07, 6.45) is -0.503. The average Bonchev–Trinajstić information content (AvgIpc) is 2.05. The molecule has 0 bridgehead atoms. The van der Waals surface area contributed by atoms with Crippen molar-refractivity contribution in [1.82, 2.24) is 0 Å². The predicted molar refractivity (Wildman–Crippen MR) is 49.1 cm³/mol. The summed E-state index contributed by atoms with van der Waals surface area (Å²) in [4.78, 5) is 9.91. The second-order valence-electron chi connectivity index (χ2n) is 2.87. The van der Waals surface area contributed by atoms with Gasteiger partial charge < -0.3 is 5.11 Å². The molecule has 0 aromatic heterocycles. The van der Waals surface area contributed by atoms with E-state index in [2.05, 4.69) is 0 Å². The summed E-state index contributed by atoms with van der Waals surface area (Å²) in [5, 5.41) is 13.2. The molecule has 0 fully saturated rings. The van der Waals surface area contributed by atoms with Gasteiger partial charge in [-0.1, -0.05) is 6.07 Å². The summed E-state index contributed by atoms with van der Waals surface area (Å²) in [5.74, 6) is -2.10. The maximum absolute atomic E-state index is 13.2. The van der Waals surface area contributed by atoms with Crippen molar-refractivity contribution in [2.24, 2.45) is 5.14 Å². The summed E-state index contributed by atoms with van der Waals surface area (Å²) in [6, 6.07) is 2.85. The molecule has 0 saturated heterocycles. The molecule has 0 radical (unpaired) electrons. The highest BCUT2D eigenvalue weighted by Crippen LogP contribution is 2.14. The zero-order chi connectivity index (χ0) is 11.6. The van der Waals surface area contributed by atoms with Gasteiger partial charge in [0.25, 0.3) is 0 Å². The molecular weight excluding hydrogens is 225 g/mol. The maximum Gasteiger partial charge on any atom is 0.307 e. The molecule has 0 aliphatic carbocycles. The molecule has 0 unspecified atom stereocenters. The van der Waals surface area contributed by atoms with E-state index in [1.807, 2.05) is 0 Å². The number of benzene rings is 1. The normalized spacial score (nSPS) is 11.3. The smallest absolute Gasteiger partial charge is 0.307 e. The number of carboxylic acid groups (broad SMARTS) is 1. The van der Waals surface area contributed by atoms with Gasteiger partial charge in [-0.25, -0.2) is 17.9 Å². The largest absolute Gasteiger partial charge is 0.481 e. The van der Waals surface area contributed by atoms with Crippen molar-refractivity contribution in [3.8, 4) is 0 Å². The van der Waals surface area contributed by atoms with Crippen LogP contribution in [-0.2, 0) is 21.2 Å². The minimum Gasteiger partial charge on any atom is -0.481 e. The van der Waals surface area contributed by atoms with Crippen LogP contribution in [0.4, 0.5) is 4.39 Å². The van der Waals surface area contributed by atoms with Crippen LogP contribution in [0.2, 0.25) is 0 Å². The Bertz CT molecular complexity index is 497. The van der Waals surface area contributed by atoms with Crippen molar-refractivity contribution >= 4 is 16.0 Å². The van der Waals surface area contributed by atoms with E-state index in [9.17, 15) is 17.6 Å². The average molecular weight is 233 g/mol. The lowest BCUT2D eigenvalue weighted by atomic mass is 10.1. The lowest BCUT2D eigenvalue weighted by molar-refractivity contribution is -0.136. The Hall–Kier alpha value is -1.47. The Labute approximate surface area is 85.4 Å². The second kappa shape index (κ2) is 3.95. The molecule has 0 heterocycles. The molecule has 1 aromatic rings. The van der Waals surface area contributed by atoms with Gasteiger partial charge in [0.2, 0.25) is 10.0 Å². The highest BCUT2D eigenvalue weighted by atomic mass is 32.2. The number of carboxylic acids is 1. The number of aliphatic carboxylic acids is 1. The molecule has 0 amide bonds. The number of nitrogens with two attached hydrogens (primary N) is 1. The molecule has 0 saturated carbocycles. The standard InChI is InChI=1S/C8H8FNO4S/c9-7-4-6(15(10,13)14)2-1-5(7)3-8(11)12/h1-2,4H,3H2,(H,11,12)(H2,10,13,14). The van der Waals surface area contributed by atoms with E-state index in [1.54, 1.807) is 0 Å². The number of carbonyl (C=O) groups is 1. The van der Waals surface area contributed by atoms with E-state index >= 15 is 0 Å². The van der Waals surface area contributed by atoms with Gasteiger partial charge in [0.15, 0.2) is 0 Å². The van der Waals surface area contributed by atoms with Gasteiger partial charge in [-0.15, -0.1) is 0 Å². The van der Waals surface area contributed by atoms with Crippen LogP contribution in [0.1, 0.15) is 5.56 Å². The SMILES string of the molecule is NS(=O)(=O)c1ccc(CC(=O)O)c(F)c1. The minimum absolute atomic E-state index is 0.0881. The lowest BCUT2D eigenvalue weighted by Gasteiger charge is -2.02. The molecule has 0 atom stereocenters. The molecule has 5 nitrogen and oxygen atoms in total. The molecule has 1 aromatic carbocycles. The maximum atomic E-state index is 13.2. The monoisotopic (exact) mass is 233 g/mol. The van der Waals surface area contributed by atoms with Gasteiger partial charge in [0.05, 0.1) is 11.3 Å². The van der Waals surface area contributed by atoms with Gasteiger partial charge in [-0.3, -0.25) is 4.79 Å². The molecule has 15 heavy (non-hydrogen) atoms. The van der Waals surface area contributed by atoms with E-state index in [1.165, 1.54) is 0 Å². The molecule has 0 spiro atoms. The van der Waals surface area contributed by atoms with E-state index in [-0.39, 0.29) is 10.5 Å². The predicted octanol–water partition coefficient (Wildman–Crippen LogP) is 0.100. The Morgan fingerprint density at radius 1 is 1.47 bits per heavy atom. The van der Waals surface area contributed by atoms with E-state index < -0.39 is 28.2 Å². The van der Waals surface area contributed by atoms with Gasteiger partial charge in [-0.2, -0.15) is 0 Å². The van der Waals surface area contributed by atoms with Crippen molar-refractivity contribution < 1.29 is 22.7 Å². The van der Waals surface area contributed by atoms with Crippen molar-refractivity contribution in [1.29, 1.82) is 0 Å². The summed E-state index contributed by atoms with van der Waals surface area (Å²) in [7, 11) is -3.96. The summed E-state index contributed by atoms with van der Waals surface area (Å²) >= 11 is 0. The van der Waals surface area contributed by atoms with Crippen LogP contribution in [0.15, 0.2) is 23.1 Å². The summed E-state index contributed by atoms with van der Waals surface area (Å²) < 4.78 is 34.8. The topological polar surface area (TPSA) is 97.5 Å². The number of hydrogen-bond donors (Lipinski definition) is 2. The number of sulfonamides is 1. The first-order chi connectivity index (χ1) is 6.80. The van der Waals surface area contributed by atoms with E-state index in [4.69, 9.17) is 10.2 Å². The van der Waals surface area contributed by atoms with Crippen molar-refractivity contribution in [2.45, 2.75) is 11.3 Å². The van der Waals surface area contributed by atoms with Crippen LogP contribution < -0.4 is 5.14 Å². The van der Waals surface area contributed by atoms with Gasteiger partial charge in [0.1, 0.15) is 5.82 Å². The van der Waals surface area contributed by atoms with Crippen LogP contribution in [0.25, 0.3) is 0 Å². The number of hydrogen-bond acceptors (Lipinski definition) is 3. The van der Waals surface area contributed by atoms with Gasteiger partial charge in [-0.05, 0) is 17.7 Å². The van der Waals surface area contributed by atoms with Crippen LogP contribution in [0.5, 0.6) is 0 Å². The van der Waals surface area contributed by atoms with Gasteiger partial charge >= 0.3 is 5.97 Å². The third-order valence-corrected chi connectivity index (χ3v) is 2.61. The van der Waals surface area contributed by atoms with E-state index in [0.29, 0.717) is 6.07 Å². The fraction of sp³-hybridized carbons (Fsp3) is 0.125. The zero-order valence-electron chi connectivity index (χ0n) is 7.47. The quantitative estimate of drug-likeness (QED) is 0.773. The first-order valence-electron chi connectivity index (χ1n) is 3.84. The Morgan fingerprint density at radius 2 is 2.07 bits per heavy atom. The third-order valence-electron chi connectivity index (χ3n) is 1.69.